The highest BCUT2D eigenvalue weighted by Gasteiger charge is 2.15. The highest BCUT2D eigenvalue weighted by atomic mass is 16.5. The van der Waals surface area contributed by atoms with Crippen LogP contribution >= 0.6 is 0 Å². The molecule has 5 nitrogen and oxygen atoms in total. The van der Waals surface area contributed by atoms with Crippen LogP contribution in [0, 0.1) is 25.2 Å². The first-order chi connectivity index (χ1) is 10.5. The molecule has 22 heavy (non-hydrogen) atoms. The first kappa shape index (κ1) is 15.5. The number of aryl methyl sites for hydroxylation is 2. The summed E-state index contributed by atoms with van der Waals surface area (Å²) in [7, 11) is 0. The fourth-order valence-electron chi connectivity index (χ4n) is 2.08. The molecule has 0 unspecified atom stereocenters. The second-order valence-corrected chi connectivity index (χ2v) is 4.82. The van der Waals surface area contributed by atoms with E-state index in [0.717, 1.165) is 17.0 Å². The van der Waals surface area contributed by atoms with E-state index in [0.29, 0.717) is 12.3 Å². The summed E-state index contributed by atoms with van der Waals surface area (Å²) in [5, 5.41) is 13.4. The number of ether oxygens (including phenoxy) is 1. The molecule has 0 N–H and O–H groups in total. The van der Waals surface area contributed by atoms with Crippen LogP contribution in [0.3, 0.4) is 0 Å². The van der Waals surface area contributed by atoms with Crippen molar-refractivity contribution in [3.63, 3.8) is 0 Å². The summed E-state index contributed by atoms with van der Waals surface area (Å²) in [5.74, 6) is 0.324. The maximum Gasteiger partial charge on any atom is 0.289 e. The third-order valence-electron chi connectivity index (χ3n) is 3.05. The molecule has 2 rings (SSSR count). The largest absolute Gasteiger partial charge is 0.494 e. The number of benzene rings is 1. The van der Waals surface area contributed by atoms with Crippen molar-refractivity contribution < 1.29 is 9.53 Å². The smallest absolute Gasteiger partial charge is 0.289 e. The average Bonchev–Trinajstić information content (AvgIpc) is 2.85. The van der Waals surface area contributed by atoms with Crippen LogP contribution in [0.15, 0.2) is 35.9 Å². The molecule has 0 aliphatic heterocycles. The number of aromatic nitrogens is 2. The maximum atomic E-state index is 12.4. The summed E-state index contributed by atoms with van der Waals surface area (Å²) >= 11 is 0. The van der Waals surface area contributed by atoms with E-state index in [-0.39, 0.29) is 5.57 Å². The number of hydrogen-bond acceptors (Lipinski definition) is 4. The summed E-state index contributed by atoms with van der Waals surface area (Å²) in [6.45, 7) is 6.09. The Morgan fingerprint density at radius 1 is 1.36 bits per heavy atom. The van der Waals surface area contributed by atoms with Gasteiger partial charge in [-0.25, -0.2) is 4.68 Å². The predicted octanol–water partition coefficient (Wildman–Crippen LogP) is 3.15. The SMILES string of the molecule is CCOc1ccc(/C=C(\C#N)C(=O)n2nc(C)cc2C)cc1. The minimum absolute atomic E-state index is 0.0374. The van der Waals surface area contributed by atoms with E-state index in [1.54, 1.807) is 50.3 Å². The molecule has 0 bridgehead atoms. The molecule has 0 radical (unpaired) electrons. The standard InChI is InChI=1S/C17H17N3O2/c1-4-22-16-7-5-14(6-8-16)10-15(11-18)17(21)20-13(3)9-12(2)19-20/h5-10H,4H2,1-3H3/b15-10+. The van der Waals surface area contributed by atoms with Gasteiger partial charge in [-0.3, -0.25) is 4.79 Å². The number of hydrogen-bond donors (Lipinski definition) is 0. The van der Waals surface area contributed by atoms with Crippen LogP contribution in [0.4, 0.5) is 0 Å². The van der Waals surface area contributed by atoms with E-state index >= 15 is 0 Å². The highest BCUT2D eigenvalue weighted by Crippen LogP contribution is 2.15. The van der Waals surface area contributed by atoms with E-state index in [9.17, 15) is 10.1 Å². The fourth-order valence-corrected chi connectivity index (χ4v) is 2.08. The van der Waals surface area contributed by atoms with E-state index < -0.39 is 5.91 Å². The zero-order chi connectivity index (χ0) is 16.1. The van der Waals surface area contributed by atoms with Gasteiger partial charge >= 0.3 is 0 Å². The first-order valence-corrected chi connectivity index (χ1v) is 6.97. The van der Waals surface area contributed by atoms with Crippen LogP contribution in [-0.4, -0.2) is 22.3 Å². The Hall–Kier alpha value is -2.87. The Balaban J connectivity index is 2.29. The Labute approximate surface area is 129 Å². The lowest BCUT2D eigenvalue weighted by Gasteiger charge is -2.04. The summed E-state index contributed by atoms with van der Waals surface area (Å²) in [5.41, 5.74) is 2.24. The monoisotopic (exact) mass is 295 g/mol. The van der Waals surface area contributed by atoms with Gasteiger partial charge < -0.3 is 4.74 Å². The Kier molecular flexibility index (Phi) is 4.74. The number of carbonyl (C=O) groups is 1. The quantitative estimate of drug-likeness (QED) is 0.642. The van der Waals surface area contributed by atoms with Gasteiger partial charge in [-0.2, -0.15) is 10.4 Å². The van der Waals surface area contributed by atoms with Gasteiger partial charge in [-0.15, -0.1) is 0 Å². The van der Waals surface area contributed by atoms with Crippen molar-refractivity contribution in [1.82, 2.24) is 9.78 Å². The number of nitrogens with zero attached hydrogens (tertiary/aromatic N) is 3. The van der Waals surface area contributed by atoms with E-state index in [1.807, 2.05) is 13.0 Å². The molecule has 0 aliphatic carbocycles. The van der Waals surface area contributed by atoms with Crippen molar-refractivity contribution in [2.45, 2.75) is 20.8 Å². The molecule has 0 atom stereocenters. The third kappa shape index (κ3) is 3.41. The van der Waals surface area contributed by atoms with Gasteiger partial charge in [-0.1, -0.05) is 12.1 Å². The molecule has 0 spiro atoms. The molecule has 0 amide bonds. The van der Waals surface area contributed by atoms with E-state index in [2.05, 4.69) is 5.10 Å². The number of rotatable bonds is 4. The third-order valence-corrected chi connectivity index (χ3v) is 3.05. The van der Waals surface area contributed by atoms with Gasteiger partial charge in [0.05, 0.1) is 12.3 Å². The van der Waals surface area contributed by atoms with Crippen molar-refractivity contribution >= 4 is 12.0 Å². The molecular weight excluding hydrogens is 278 g/mol. The van der Waals surface area contributed by atoms with Crippen molar-refractivity contribution in [3.8, 4) is 11.8 Å². The molecule has 1 heterocycles. The second kappa shape index (κ2) is 6.72. The van der Waals surface area contributed by atoms with Crippen molar-refractivity contribution in [1.29, 1.82) is 5.26 Å². The Morgan fingerprint density at radius 2 is 2.05 bits per heavy atom. The van der Waals surface area contributed by atoms with Gasteiger partial charge in [-0.05, 0) is 50.6 Å². The molecule has 1 aromatic carbocycles. The van der Waals surface area contributed by atoms with Crippen LogP contribution in [-0.2, 0) is 0 Å². The van der Waals surface area contributed by atoms with Crippen LogP contribution in [0.1, 0.15) is 28.7 Å². The molecule has 0 saturated carbocycles. The second-order valence-electron chi connectivity index (χ2n) is 4.82. The lowest BCUT2D eigenvalue weighted by molar-refractivity contribution is 0.0944. The minimum Gasteiger partial charge on any atom is -0.494 e. The predicted molar refractivity (Wildman–Crippen MR) is 83.5 cm³/mol. The zero-order valence-electron chi connectivity index (χ0n) is 12.8. The Bertz CT molecular complexity index is 749. The first-order valence-electron chi connectivity index (χ1n) is 6.97. The summed E-state index contributed by atoms with van der Waals surface area (Å²) in [6.07, 6.45) is 1.55. The summed E-state index contributed by atoms with van der Waals surface area (Å²) in [6, 6.07) is 11.0. The average molecular weight is 295 g/mol. The van der Waals surface area contributed by atoms with Crippen LogP contribution in [0.25, 0.3) is 6.08 Å². The molecule has 112 valence electrons. The zero-order valence-corrected chi connectivity index (χ0v) is 12.8. The maximum absolute atomic E-state index is 12.4. The normalized spacial score (nSPS) is 11.1. The van der Waals surface area contributed by atoms with Crippen molar-refractivity contribution in [3.05, 3.63) is 52.9 Å². The molecular formula is C17H17N3O2. The van der Waals surface area contributed by atoms with Gasteiger partial charge in [0.25, 0.3) is 5.91 Å². The number of carbonyl (C=O) groups excluding carboxylic acids is 1. The van der Waals surface area contributed by atoms with Gasteiger partial charge in [0.1, 0.15) is 17.4 Å². The van der Waals surface area contributed by atoms with Crippen LogP contribution in [0.5, 0.6) is 5.75 Å². The van der Waals surface area contributed by atoms with Gasteiger partial charge in [0.2, 0.25) is 0 Å². The van der Waals surface area contributed by atoms with Crippen LogP contribution in [0.2, 0.25) is 0 Å². The molecule has 0 fully saturated rings. The lowest BCUT2D eigenvalue weighted by atomic mass is 10.1. The molecule has 1 aromatic heterocycles. The molecule has 2 aromatic rings. The van der Waals surface area contributed by atoms with E-state index in [4.69, 9.17) is 4.74 Å². The number of allylic oxidation sites excluding steroid dienone is 1. The topological polar surface area (TPSA) is 67.9 Å². The fraction of sp³-hybridized carbons (Fsp3) is 0.235. The molecule has 5 heteroatoms. The Morgan fingerprint density at radius 3 is 2.55 bits per heavy atom. The summed E-state index contributed by atoms with van der Waals surface area (Å²) in [4.78, 5) is 12.4. The van der Waals surface area contributed by atoms with Gasteiger partial charge in [0, 0.05) is 5.69 Å². The lowest BCUT2D eigenvalue weighted by Crippen LogP contribution is -2.15. The van der Waals surface area contributed by atoms with Crippen molar-refractivity contribution in [2.75, 3.05) is 6.61 Å². The molecule has 0 saturated heterocycles. The van der Waals surface area contributed by atoms with E-state index in [1.165, 1.54) is 4.68 Å². The minimum atomic E-state index is -0.429. The highest BCUT2D eigenvalue weighted by molar-refractivity contribution is 6.03. The van der Waals surface area contributed by atoms with Crippen LogP contribution < -0.4 is 4.74 Å². The molecule has 0 aliphatic rings. The number of nitriles is 1. The summed E-state index contributed by atoms with van der Waals surface area (Å²) < 4.78 is 6.61. The van der Waals surface area contributed by atoms with Gasteiger partial charge in [0.15, 0.2) is 0 Å². The van der Waals surface area contributed by atoms with Crippen molar-refractivity contribution in [2.24, 2.45) is 0 Å².